The summed E-state index contributed by atoms with van der Waals surface area (Å²) in [5.41, 5.74) is 6.78. The lowest BCUT2D eigenvalue weighted by Crippen LogP contribution is -2.49. The van der Waals surface area contributed by atoms with E-state index in [1.807, 2.05) is 11.0 Å². The summed E-state index contributed by atoms with van der Waals surface area (Å²) in [6.45, 7) is 18.5. The molecule has 8 heterocycles. The minimum absolute atomic E-state index is 0.0244. The summed E-state index contributed by atoms with van der Waals surface area (Å²) in [4.78, 5) is 57.8. The van der Waals surface area contributed by atoms with Crippen LogP contribution in [0.3, 0.4) is 0 Å². The summed E-state index contributed by atoms with van der Waals surface area (Å²) >= 11 is 4.71. The van der Waals surface area contributed by atoms with Gasteiger partial charge < -0.3 is 62.7 Å². The number of benzene rings is 4. The predicted molar refractivity (Wildman–Crippen MR) is 335 cm³/mol. The number of ether oxygens (including phenoxy) is 6. The Morgan fingerprint density at radius 2 is 1.01 bits per heavy atom. The largest absolute Gasteiger partial charge is 0.467 e. The number of likely N-dealkylation sites (tertiary alicyclic amines) is 2. The van der Waals surface area contributed by atoms with E-state index >= 15 is 0 Å². The second-order valence-corrected chi connectivity index (χ2v) is 22.9. The van der Waals surface area contributed by atoms with Crippen LogP contribution in [-0.4, -0.2) is 178 Å². The maximum Gasteiger partial charge on any atom is 0.318 e. The normalized spacial score (nSPS) is 18.9. The summed E-state index contributed by atoms with van der Waals surface area (Å²) in [5, 5.41) is 4.15. The van der Waals surface area contributed by atoms with Crippen molar-refractivity contribution in [3.05, 3.63) is 121 Å². The van der Waals surface area contributed by atoms with Gasteiger partial charge in [-0.3, -0.25) is 9.59 Å². The fraction of sp³-hybridized carbons (Fsp3) is 0.477. The number of likely N-dealkylation sites (N-methyl/N-ethyl adjacent to an activating group) is 2. The molecule has 2 atom stereocenters. The summed E-state index contributed by atoms with van der Waals surface area (Å²) < 4.78 is 34.6. The molecule has 6 aliphatic rings. The molecule has 0 saturated carbocycles. The molecule has 0 aliphatic carbocycles. The average molecular weight is 1180 g/mol. The van der Waals surface area contributed by atoms with Crippen LogP contribution in [0.1, 0.15) is 67.5 Å². The van der Waals surface area contributed by atoms with Crippen molar-refractivity contribution in [1.29, 1.82) is 0 Å². The summed E-state index contributed by atoms with van der Waals surface area (Å²) in [6.07, 6.45) is 12.6. The fourth-order valence-electron chi connectivity index (χ4n) is 12.4. The SMILES string of the molecule is C=CC(=O)Cl.C=CC(=O)N1CCN(c2nc(OC[C@@H]3CCCN3C)nc3c2CCN(c2cc(OCOC)cc4ccccc24)C3)CC1.COCOc1cc(N2CCc3c(nc(OC[C@@H]4CCCN4C)nc3N3CCCCC3)C2)c2ccccc2c1. The number of aromatic nitrogens is 4. The van der Waals surface area contributed by atoms with Gasteiger partial charge in [0.2, 0.25) is 11.1 Å². The van der Waals surface area contributed by atoms with Gasteiger partial charge in [0.15, 0.2) is 13.6 Å². The number of piperidine rings is 1. The summed E-state index contributed by atoms with van der Waals surface area (Å²) in [6, 6.07) is 27.0. The molecule has 85 heavy (non-hydrogen) atoms. The Kier molecular flexibility index (Phi) is 20.9. The van der Waals surface area contributed by atoms with Crippen molar-refractivity contribution in [3.8, 4) is 23.5 Å². The molecule has 19 nitrogen and oxygen atoms in total. The number of amides is 1. The van der Waals surface area contributed by atoms with Gasteiger partial charge in [0.25, 0.3) is 0 Å². The van der Waals surface area contributed by atoms with Crippen LogP contribution in [0, 0.1) is 0 Å². The first-order valence-corrected chi connectivity index (χ1v) is 30.4. The van der Waals surface area contributed by atoms with Gasteiger partial charge in [0.1, 0.15) is 36.3 Å². The molecule has 0 N–H and O–H groups in total. The number of halogens is 1. The Balaban J connectivity index is 0.000000176. The van der Waals surface area contributed by atoms with E-state index in [0.29, 0.717) is 70.0 Å². The number of anilines is 4. The predicted octanol–water partition coefficient (Wildman–Crippen LogP) is 9.06. The number of hydrogen-bond acceptors (Lipinski definition) is 18. The molecule has 452 valence electrons. The van der Waals surface area contributed by atoms with Gasteiger partial charge in [-0.15, -0.1) is 0 Å². The molecule has 4 fully saturated rings. The average Bonchev–Trinajstić information content (AvgIpc) is 3.17. The topological polar surface area (TPSA) is 164 Å². The van der Waals surface area contributed by atoms with Crippen molar-refractivity contribution in [2.75, 3.05) is 140 Å². The van der Waals surface area contributed by atoms with Gasteiger partial charge in [-0.1, -0.05) is 61.7 Å². The molecule has 0 radical (unpaired) electrons. The van der Waals surface area contributed by atoms with Crippen molar-refractivity contribution in [1.82, 2.24) is 34.6 Å². The lowest BCUT2D eigenvalue weighted by Gasteiger charge is -2.38. The van der Waals surface area contributed by atoms with E-state index in [-0.39, 0.29) is 19.5 Å². The zero-order valence-electron chi connectivity index (χ0n) is 49.9. The first kappa shape index (κ1) is 60.8. The third-order valence-corrected chi connectivity index (χ3v) is 17.2. The Bertz CT molecular complexity index is 3280. The molecule has 0 unspecified atom stereocenters. The quantitative estimate of drug-likeness (QED) is 0.0454. The van der Waals surface area contributed by atoms with Crippen LogP contribution in [0.25, 0.3) is 21.5 Å². The van der Waals surface area contributed by atoms with Crippen molar-refractivity contribution in [3.63, 3.8) is 0 Å². The van der Waals surface area contributed by atoms with Crippen molar-refractivity contribution < 1.29 is 38.0 Å². The van der Waals surface area contributed by atoms with Gasteiger partial charge in [-0.05, 0) is 132 Å². The molecule has 20 heteroatoms. The first-order valence-electron chi connectivity index (χ1n) is 30.0. The number of carbonyl (C=O) groups is 2. The van der Waals surface area contributed by atoms with E-state index in [1.54, 1.807) is 14.2 Å². The smallest absolute Gasteiger partial charge is 0.318 e. The lowest BCUT2D eigenvalue weighted by molar-refractivity contribution is -0.126. The number of nitrogens with zero attached hydrogens (tertiary/aromatic N) is 11. The van der Waals surface area contributed by atoms with Gasteiger partial charge in [-0.2, -0.15) is 19.9 Å². The number of methoxy groups -OCH3 is 2. The Labute approximate surface area is 505 Å². The highest BCUT2D eigenvalue weighted by Crippen LogP contribution is 2.39. The van der Waals surface area contributed by atoms with E-state index < -0.39 is 5.24 Å². The second kappa shape index (κ2) is 29.2. The van der Waals surface area contributed by atoms with Crippen LogP contribution in [0.5, 0.6) is 23.5 Å². The molecule has 0 spiro atoms. The molecule has 4 saturated heterocycles. The maximum atomic E-state index is 12.2. The molecule has 12 rings (SSSR count). The van der Waals surface area contributed by atoms with Crippen LogP contribution >= 0.6 is 11.6 Å². The third-order valence-electron chi connectivity index (χ3n) is 17.1. The second-order valence-electron chi connectivity index (χ2n) is 22.5. The highest BCUT2D eigenvalue weighted by atomic mass is 35.5. The minimum Gasteiger partial charge on any atom is -0.467 e. The minimum atomic E-state index is -0.509. The van der Waals surface area contributed by atoms with Crippen LogP contribution in [0.4, 0.5) is 23.0 Å². The van der Waals surface area contributed by atoms with Gasteiger partial charge >= 0.3 is 12.0 Å². The number of hydrogen-bond donors (Lipinski definition) is 0. The Morgan fingerprint density at radius 1 is 0.553 bits per heavy atom. The van der Waals surface area contributed by atoms with E-state index in [4.69, 9.17) is 60.0 Å². The zero-order chi connectivity index (χ0) is 59.2. The lowest BCUT2D eigenvalue weighted by atomic mass is 10.0. The van der Waals surface area contributed by atoms with E-state index in [0.717, 1.165) is 133 Å². The molecular weight excluding hydrogens is 1100 g/mol. The number of carbonyl (C=O) groups excluding carboxylic acids is 2. The molecule has 2 aromatic heterocycles. The number of piperazine rings is 1. The molecule has 1 amide bonds. The van der Waals surface area contributed by atoms with Crippen LogP contribution in [-0.2, 0) is 45.0 Å². The first-order chi connectivity index (χ1) is 41.5. The van der Waals surface area contributed by atoms with Crippen LogP contribution in [0.15, 0.2) is 98.1 Å². The Morgan fingerprint density at radius 3 is 1.44 bits per heavy atom. The van der Waals surface area contributed by atoms with Crippen molar-refractivity contribution in [2.45, 2.75) is 83.0 Å². The molecule has 6 aromatic rings. The zero-order valence-corrected chi connectivity index (χ0v) is 50.6. The number of allylic oxidation sites excluding steroid dienone is 1. The van der Waals surface area contributed by atoms with Gasteiger partial charge in [-0.25, -0.2) is 0 Å². The molecule has 4 aromatic carbocycles. The van der Waals surface area contributed by atoms with Gasteiger partial charge in [0.05, 0.1) is 24.5 Å². The monoisotopic (exact) mass is 1180 g/mol. The number of rotatable bonds is 18. The summed E-state index contributed by atoms with van der Waals surface area (Å²) in [5.74, 6) is 3.58. The van der Waals surface area contributed by atoms with E-state index in [2.05, 4.69) is 123 Å². The highest BCUT2D eigenvalue weighted by Gasteiger charge is 2.32. The highest BCUT2D eigenvalue weighted by molar-refractivity contribution is 6.66. The maximum absolute atomic E-state index is 12.2. The van der Waals surface area contributed by atoms with Crippen LogP contribution < -0.4 is 38.5 Å². The third kappa shape index (κ3) is 15.0. The molecular formula is C65H82ClN11O8. The van der Waals surface area contributed by atoms with E-state index in [1.165, 1.54) is 60.9 Å². The van der Waals surface area contributed by atoms with Crippen LogP contribution in [0.2, 0.25) is 0 Å². The Hall–Kier alpha value is -7.29. The molecule has 0 bridgehead atoms. The summed E-state index contributed by atoms with van der Waals surface area (Å²) in [7, 11) is 7.60. The van der Waals surface area contributed by atoms with Gasteiger partial charge in [0, 0.05) is 124 Å². The van der Waals surface area contributed by atoms with Crippen molar-refractivity contribution >= 4 is 67.3 Å². The fourth-order valence-corrected chi connectivity index (χ4v) is 12.4. The number of fused-ring (bicyclic) bond motifs is 4. The van der Waals surface area contributed by atoms with E-state index in [9.17, 15) is 9.59 Å². The molecule has 6 aliphatic heterocycles. The van der Waals surface area contributed by atoms with Crippen molar-refractivity contribution in [2.24, 2.45) is 0 Å². The standard InChI is InChI=1S/C32H40N6O4.C30H39N5O3.C3H3ClO/c1-4-30(39)36-14-16-37(17-15-36)31-27-11-13-38(20-28(27)33-32(34-31)41-21-24-9-7-12-35(24)2)29-19-25(42-22-40-3)18-23-8-5-6-10-26(23)29;1-33-13-8-10-23(33)20-37-30-31-27-19-35(16-12-26(27)29(32-30)34-14-6-3-7-15-34)28-18-24(38-21-36-2)17-22-9-4-5-11-25(22)28;1-2-3(4)5/h4-6,8,10,18-19,24H,1,7,9,11-17,20-22H2,2-3H3;4-5,9,11,17-18,23H,3,6-8,10,12-16,19-21H2,1-2H3;2H,1H2/t24-;23-;/m00./s1.